The maximum atomic E-state index is 12.5. The maximum Gasteiger partial charge on any atom is 0.257 e. The number of hydrogen-bond donors (Lipinski definition) is 1. The van der Waals surface area contributed by atoms with Gasteiger partial charge in [-0.15, -0.1) is 10.2 Å². The van der Waals surface area contributed by atoms with Crippen LogP contribution in [0.4, 0.5) is 10.8 Å². The van der Waals surface area contributed by atoms with E-state index >= 15 is 0 Å². The molecule has 0 spiro atoms. The van der Waals surface area contributed by atoms with Crippen molar-refractivity contribution in [3.63, 3.8) is 0 Å². The second-order valence-electron chi connectivity index (χ2n) is 6.32. The molecule has 0 unspecified atom stereocenters. The van der Waals surface area contributed by atoms with Crippen molar-refractivity contribution in [2.75, 3.05) is 21.9 Å². The van der Waals surface area contributed by atoms with Crippen LogP contribution in [0.3, 0.4) is 0 Å². The summed E-state index contributed by atoms with van der Waals surface area (Å²) in [4.78, 5) is 12.5. The summed E-state index contributed by atoms with van der Waals surface area (Å²) in [6.45, 7) is 4.36. The van der Waals surface area contributed by atoms with Crippen molar-refractivity contribution in [2.24, 2.45) is 0 Å². The topological polar surface area (TPSA) is 92.3 Å². The van der Waals surface area contributed by atoms with Crippen molar-refractivity contribution >= 4 is 49.7 Å². The third-order valence-electron chi connectivity index (χ3n) is 3.98. The summed E-state index contributed by atoms with van der Waals surface area (Å²) in [5.74, 6) is -0.0731. The van der Waals surface area contributed by atoms with Crippen LogP contribution >= 0.6 is 22.9 Å². The van der Waals surface area contributed by atoms with E-state index in [4.69, 9.17) is 11.6 Å². The second-order valence-corrected chi connectivity index (χ2v) is 9.74. The Bertz CT molecular complexity index is 927. The number of anilines is 2. The number of nitrogens with zero attached hydrogens (tertiary/aromatic N) is 3. The van der Waals surface area contributed by atoms with Gasteiger partial charge in [0.15, 0.2) is 0 Å². The molecular weight excluding hydrogens is 396 g/mol. The number of carbonyl (C=O) groups excluding carboxylic acids is 1. The number of rotatable bonds is 4. The fourth-order valence-corrected chi connectivity index (χ4v) is 5.25. The Morgan fingerprint density at radius 2 is 2.08 bits per heavy atom. The van der Waals surface area contributed by atoms with E-state index in [1.54, 1.807) is 6.07 Å². The monoisotopic (exact) mass is 414 g/mol. The third kappa shape index (κ3) is 3.99. The molecule has 0 radical (unpaired) electrons. The first-order chi connectivity index (χ1) is 12.3. The molecular formula is C16H19ClN4O3S2. The Hall–Kier alpha value is -1.71. The van der Waals surface area contributed by atoms with Crippen LogP contribution in [0.15, 0.2) is 18.2 Å². The first-order valence-electron chi connectivity index (χ1n) is 8.22. The molecule has 3 rings (SSSR count). The van der Waals surface area contributed by atoms with Crippen molar-refractivity contribution in [2.45, 2.75) is 32.6 Å². The zero-order valence-electron chi connectivity index (χ0n) is 14.4. The molecule has 0 saturated carbocycles. The predicted octanol–water partition coefficient (Wildman–Crippen LogP) is 3.50. The number of carbonyl (C=O) groups is 1. The zero-order chi connectivity index (χ0) is 18.9. The lowest BCUT2D eigenvalue weighted by atomic mass is 10.2. The number of sulfonamides is 1. The van der Waals surface area contributed by atoms with Gasteiger partial charge in [0, 0.05) is 18.0 Å². The number of amides is 1. The minimum atomic E-state index is -3.41. The minimum absolute atomic E-state index is 0.0858. The molecule has 1 N–H and O–H groups in total. The van der Waals surface area contributed by atoms with Crippen LogP contribution in [0, 0.1) is 0 Å². The molecule has 1 aromatic carbocycles. The van der Waals surface area contributed by atoms with Gasteiger partial charge >= 0.3 is 0 Å². The fraction of sp³-hybridized carbons (Fsp3) is 0.438. The van der Waals surface area contributed by atoms with E-state index in [0.29, 0.717) is 34.4 Å². The number of hydrogen-bond acceptors (Lipinski definition) is 6. The molecule has 1 fully saturated rings. The van der Waals surface area contributed by atoms with Crippen molar-refractivity contribution in [3.8, 4) is 0 Å². The lowest BCUT2D eigenvalue weighted by Crippen LogP contribution is -2.38. The van der Waals surface area contributed by atoms with E-state index in [0.717, 1.165) is 11.4 Å². The highest BCUT2D eigenvalue weighted by atomic mass is 35.5. The lowest BCUT2D eigenvalue weighted by molar-refractivity contribution is 0.102. The van der Waals surface area contributed by atoms with Gasteiger partial charge in [-0.25, -0.2) is 8.42 Å². The van der Waals surface area contributed by atoms with Gasteiger partial charge in [0.05, 0.1) is 16.5 Å². The van der Waals surface area contributed by atoms with E-state index in [2.05, 4.69) is 15.5 Å². The second kappa shape index (κ2) is 7.50. The Morgan fingerprint density at radius 3 is 2.73 bits per heavy atom. The van der Waals surface area contributed by atoms with Gasteiger partial charge in [-0.3, -0.25) is 14.4 Å². The molecule has 2 aromatic rings. The first-order valence-corrected chi connectivity index (χ1v) is 11.0. The van der Waals surface area contributed by atoms with Crippen LogP contribution in [0.5, 0.6) is 0 Å². The number of nitrogens with one attached hydrogen (secondary N) is 1. The molecule has 1 amide bonds. The van der Waals surface area contributed by atoms with Crippen molar-refractivity contribution in [3.05, 3.63) is 33.8 Å². The summed E-state index contributed by atoms with van der Waals surface area (Å²) in [5, 5.41) is 12.2. The smallest absolute Gasteiger partial charge is 0.257 e. The molecule has 10 heteroatoms. The van der Waals surface area contributed by atoms with Crippen LogP contribution < -0.4 is 9.62 Å². The Balaban J connectivity index is 1.85. The van der Waals surface area contributed by atoms with Crippen LogP contribution in [0.1, 0.15) is 48.0 Å². The highest BCUT2D eigenvalue weighted by molar-refractivity contribution is 7.92. The highest BCUT2D eigenvalue weighted by Crippen LogP contribution is 2.32. The average molecular weight is 415 g/mol. The molecule has 140 valence electrons. The predicted molar refractivity (Wildman–Crippen MR) is 104 cm³/mol. The van der Waals surface area contributed by atoms with Crippen LogP contribution in [-0.2, 0) is 10.0 Å². The van der Waals surface area contributed by atoms with E-state index in [1.807, 2.05) is 13.8 Å². The molecule has 0 atom stereocenters. The van der Waals surface area contributed by atoms with Gasteiger partial charge in [0.1, 0.15) is 5.01 Å². The summed E-state index contributed by atoms with van der Waals surface area (Å²) < 4.78 is 25.9. The lowest BCUT2D eigenvalue weighted by Gasteiger charge is -2.29. The molecule has 1 saturated heterocycles. The normalized spacial score (nSPS) is 16.7. The summed E-state index contributed by atoms with van der Waals surface area (Å²) in [7, 11) is -3.41. The quantitative estimate of drug-likeness (QED) is 0.826. The summed E-state index contributed by atoms with van der Waals surface area (Å²) in [6, 6.07) is 4.60. The summed E-state index contributed by atoms with van der Waals surface area (Å²) >= 11 is 7.51. The highest BCUT2D eigenvalue weighted by Gasteiger charge is 2.28. The maximum absolute atomic E-state index is 12.5. The van der Waals surface area contributed by atoms with E-state index in [9.17, 15) is 13.2 Å². The molecule has 1 aliphatic heterocycles. The first kappa shape index (κ1) is 19.1. The van der Waals surface area contributed by atoms with Crippen LogP contribution in [0.2, 0.25) is 5.02 Å². The van der Waals surface area contributed by atoms with Crippen molar-refractivity contribution < 1.29 is 13.2 Å². The van der Waals surface area contributed by atoms with Gasteiger partial charge in [-0.1, -0.05) is 36.8 Å². The van der Waals surface area contributed by atoms with E-state index in [-0.39, 0.29) is 17.6 Å². The Kier molecular flexibility index (Phi) is 5.50. The molecule has 0 bridgehead atoms. The molecule has 7 nitrogen and oxygen atoms in total. The van der Waals surface area contributed by atoms with E-state index in [1.165, 1.54) is 27.8 Å². The molecule has 26 heavy (non-hydrogen) atoms. The van der Waals surface area contributed by atoms with Crippen LogP contribution in [0.25, 0.3) is 0 Å². The van der Waals surface area contributed by atoms with Gasteiger partial charge in [-0.2, -0.15) is 0 Å². The summed E-state index contributed by atoms with van der Waals surface area (Å²) in [5.41, 5.74) is 0.644. The van der Waals surface area contributed by atoms with Crippen molar-refractivity contribution in [1.82, 2.24) is 10.2 Å². The number of aromatic nitrogens is 2. The van der Waals surface area contributed by atoms with Gasteiger partial charge in [0.2, 0.25) is 15.2 Å². The fourth-order valence-electron chi connectivity index (χ4n) is 2.59. The standard InChI is InChI=1S/C16H19ClN4O3S2/c1-10(2)15-19-20-16(25-15)18-14(22)11-5-6-12(17)13(9-11)21-7-3-4-8-26(21,23)24/h5-6,9-10H,3-4,7-8H2,1-2H3,(H,18,20,22). The Morgan fingerprint density at radius 1 is 1.31 bits per heavy atom. The van der Waals surface area contributed by atoms with Crippen molar-refractivity contribution in [1.29, 1.82) is 0 Å². The van der Waals surface area contributed by atoms with Crippen LogP contribution in [-0.4, -0.2) is 36.8 Å². The SMILES string of the molecule is CC(C)c1nnc(NC(=O)c2ccc(Cl)c(N3CCCCS3(=O)=O)c2)s1. The Labute approximate surface area is 161 Å². The summed E-state index contributed by atoms with van der Waals surface area (Å²) in [6.07, 6.45) is 1.39. The average Bonchev–Trinajstić information content (AvgIpc) is 3.04. The largest absolute Gasteiger partial charge is 0.296 e. The number of benzene rings is 1. The van der Waals surface area contributed by atoms with Gasteiger partial charge < -0.3 is 0 Å². The van der Waals surface area contributed by atoms with E-state index < -0.39 is 10.0 Å². The van der Waals surface area contributed by atoms with Gasteiger partial charge in [0.25, 0.3) is 5.91 Å². The zero-order valence-corrected chi connectivity index (χ0v) is 16.8. The molecule has 0 aliphatic carbocycles. The minimum Gasteiger partial charge on any atom is -0.296 e. The third-order valence-corrected chi connectivity index (χ3v) is 7.30. The van der Waals surface area contributed by atoms with Gasteiger partial charge in [-0.05, 0) is 31.0 Å². The number of halogens is 1. The molecule has 1 aromatic heterocycles. The molecule has 2 heterocycles. The molecule has 1 aliphatic rings.